The number of nitro groups is 1. The number of nitro benzene ring substituents is 1. The van der Waals surface area contributed by atoms with Crippen molar-refractivity contribution in [2.45, 2.75) is 13.2 Å². The van der Waals surface area contributed by atoms with Gasteiger partial charge in [0, 0.05) is 12.1 Å². The fraction of sp³-hybridized carbons (Fsp3) is 0.133. The number of rotatable bonds is 5. The Morgan fingerprint density at radius 1 is 1.09 bits per heavy atom. The highest BCUT2D eigenvalue weighted by molar-refractivity contribution is 5.66. The summed E-state index contributed by atoms with van der Waals surface area (Å²) in [6.07, 6.45) is -0.665. The number of hydrogen-bond acceptors (Lipinski definition) is 5. The Hall–Kier alpha value is -2.93. The van der Waals surface area contributed by atoms with Crippen molar-refractivity contribution in [1.29, 1.82) is 0 Å². The molecule has 0 bridgehead atoms. The van der Waals surface area contributed by atoms with E-state index in [1.807, 2.05) is 30.3 Å². The Balaban J connectivity index is 1.85. The number of hydrogen-bond donors (Lipinski definition) is 1. The maximum atomic E-state index is 11.8. The van der Waals surface area contributed by atoms with Crippen LogP contribution in [-0.2, 0) is 17.9 Å². The van der Waals surface area contributed by atoms with E-state index in [9.17, 15) is 14.9 Å². The van der Waals surface area contributed by atoms with Crippen molar-refractivity contribution < 1.29 is 14.5 Å². The van der Waals surface area contributed by atoms with Crippen molar-refractivity contribution in [3.63, 3.8) is 0 Å². The van der Waals surface area contributed by atoms with Crippen LogP contribution in [0.2, 0.25) is 0 Å². The quantitative estimate of drug-likeness (QED) is 0.396. The molecule has 0 atom stereocenters. The molecule has 0 saturated carbocycles. The molecule has 0 saturated heterocycles. The molecular formula is C15H15N3O4. The first-order valence-corrected chi connectivity index (χ1v) is 6.52. The van der Waals surface area contributed by atoms with Crippen LogP contribution in [0.5, 0.6) is 0 Å². The van der Waals surface area contributed by atoms with Gasteiger partial charge in [-0.15, -0.1) is 0 Å². The van der Waals surface area contributed by atoms with E-state index < -0.39 is 11.0 Å². The summed E-state index contributed by atoms with van der Waals surface area (Å²) in [5, 5.41) is 11.5. The summed E-state index contributed by atoms with van der Waals surface area (Å²) in [4.78, 5) is 21.8. The summed E-state index contributed by atoms with van der Waals surface area (Å²) in [6, 6.07) is 15.1. The smallest absolute Gasteiger partial charge is 0.424 e. The topological polar surface area (TPSA) is 98.7 Å². The van der Waals surface area contributed by atoms with Crippen molar-refractivity contribution in [3.05, 3.63) is 75.8 Å². The van der Waals surface area contributed by atoms with Crippen LogP contribution in [-0.4, -0.2) is 16.0 Å². The molecule has 0 spiro atoms. The minimum atomic E-state index is -0.665. The largest absolute Gasteiger partial charge is 0.444 e. The molecule has 0 aliphatic heterocycles. The number of nitrogens with two attached hydrogens (primary N) is 1. The third kappa shape index (κ3) is 4.29. The Labute approximate surface area is 127 Å². The van der Waals surface area contributed by atoms with Crippen LogP contribution < -0.4 is 5.84 Å². The van der Waals surface area contributed by atoms with Crippen LogP contribution in [0, 0.1) is 10.1 Å². The molecule has 0 radical (unpaired) electrons. The molecule has 0 aliphatic carbocycles. The van der Waals surface area contributed by atoms with Gasteiger partial charge in [0.25, 0.3) is 5.69 Å². The lowest BCUT2D eigenvalue weighted by Gasteiger charge is -2.16. The average Bonchev–Trinajstić information content (AvgIpc) is 2.53. The van der Waals surface area contributed by atoms with Gasteiger partial charge in [0.15, 0.2) is 0 Å². The van der Waals surface area contributed by atoms with Gasteiger partial charge in [0.1, 0.15) is 6.61 Å². The van der Waals surface area contributed by atoms with Gasteiger partial charge in [-0.25, -0.2) is 15.6 Å². The minimum absolute atomic E-state index is 0.000677. The molecule has 1 amide bonds. The molecule has 114 valence electrons. The first-order valence-electron chi connectivity index (χ1n) is 6.52. The first-order chi connectivity index (χ1) is 10.6. The number of ether oxygens (including phenoxy) is 1. The molecule has 7 heteroatoms. The fourth-order valence-electron chi connectivity index (χ4n) is 1.79. The summed E-state index contributed by atoms with van der Waals surface area (Å²) in [5.41, 5.74) is 1.52. The maximum Gasteiger partial charge on any atom is 0.424 e. The third-order valence-corrected chi connectivity index (χ3v) is 2.94. The highest BCUT2D eigenvalue weighted by Gasteiger charge is 2.12. The summed E-state index contributed by atoms with van der Waals surface area (Å²) in [6.45, 7) is 0.235. The van der Waals surface area contributed by atoms with Crippen LogP contribution >= 0.6 is 0 Å². The molecule has 2 rings (SSSR count). The zero-order valence-corrected chi connectivity index (χ0v) is 11.7. The molecule has 0 heterocycles. The van der Waals surface area contributed by atoms with E-state index in [4.69, 9.17) is 10.6 Å². The number of nitrogens with zero attached hydrogens (tertiary/aromatic N) is 2. The number of hydrazine groups is 1. The predicted octanol–water partition coefficient (Wildman–Crippen LogP) is 2.61. The van der Waals surface area contributed by atoms with E-state index in [2.05, 4.69) is 0 Å². The molecule has 0 fully saturated rings. The van der Waals surface area contributed by atoms with Crippen molar-refractivity contribution in [2.24, 2.45) is 5.84 Å². The minimum Gasteiger partial charge on any atom is -0.444 e. The lowest BCUT2D eigenvalue weighted by molar-refractivity contribution is -0.384. The number of carbonyl (C=O) groups excluding carboxylic acids is 1. The molecule has 2 aromatic carbocycles. The van der Waals surface area contributed by atoms with E-state index in [0.717, 1.165) is 10.6 Å². The van der Waals surface area contributed by atoms with Crippen LogP contribution in [0.1, 0.15) is 11.1 Å². The maximum absolute atomic E-state index is 11.8. The second-order valence-corrected chi connectivity index (χ2v) is 4.59. The summed E-state index contributed by atoms with van der Waals surface area (Å²) >= 11 is 0. The lowest BCUT2D eigenvalue weighted by Crippen LogP contribution is -2.37. The molecule has 2 aromatic rings. The van der Waals surface area contributed by atoms with Crippen LogP contribution in [0.3, 0.4) is 0 Å². The van der Waals surface area contributed by atoms with E-state index in [0.29, 0.717) is 5.56 Å². The van der Waals surface area contributed by atoms with Crippen molar-refractivity contribution in [3.8, 4) is 0 Å². The molecule has 7 nitrogen and oxygen atoms in total. The highest BCUT2D eigenvalue weighted by Crippen LogP contribution is 2.13. The summed E-state index contributed by atoms with van der Waals surface area (Å²) in [7, 11) is 0. The highest BCUT2D eigenvalue weighted by atomic mass is 16.6. The molecule has 0 unspecified atom stereocenters. The zero-order chi connectivity index (χ0) is 15.9. The normalized spacial score (nSPS) is 10.0. The predicted molar refractivity (Wildman–Crippen MR) is 79.5 cm³/mol. The van der Waals surface area contributed by atoms with Crippen molar-refractivity contribution >= 4 is 11.8 Å². The second kappa shape index (κ2) is 7.19. The van der Waals surface area contributed by atoms with Gasteiger partial charge < -0.3 is 4.74 Å². The molecular weight excluding hydrogens is 286 g/mol. The van der Waals surface area contributed by atoms with Gasteiger partial charge in [0.05, 0.1) is 11.5 Å². The Bertz CT molecular complexity index is 644. The van der Waals surface area contributed by atoms with Gasteiger partial charge in [0.2, 0.25) is 0 Å². The van der Waals surface area contributed by atoms with E-state index in [1.165, 1.54) is 24.3 Å². The van der Waals surface area contributed by atoms with Gasteiger partial charge in [-0.2, -0.15) is 0 Å². The molecule has 2 N–H and O–H groups in total. The first kappa shape index (κ1) is 15.5. The Kier molecular flexibility index (Phi) is 5.05. The van der Waals surface area contributed by atoms with Gasteiger partial charge >= 0.3 is 6.09 Å². The second-order valence-electron chi connectivity index (χ2n) is 4.59. The van der Waals surface area contributed by atoms with Crippen molar-refractivity contribution in [1.82, 2.24) is 5.01 Å². The fourth-order valence-corrected chi connectivity index (χ4v) is 1.79. The number of amides is 1. The molecule has 0 aromatic heterocycles. The van der Waals surface area contributed by atoms with E-state index >= 15 is 0 Å². The van der Waals surface area contributed by atoms with E-state index in [-0.39, 0.29) is 18.8 Å². The van der Waals surface area contributed by atoms with E-state index in [1.54, 1.807) is 0 Å². The Morgan fingerprint density at radius 2 is 1.73 bits per heavy atom. The summed E-state index contributed by atoms with van der Waals surface area (Å²) in [5.74, 6) is 5.65. The average molecular weight is 301 g/mol. The van der Waals surface area contributed by atoms with Gasteiger partial charge in [-0.05, 0) is 23.3 Å². The van der Waals surface area contributed by atoms with Crippen LogP contribution in [0.25, 0.3) is 0 Å². The van der Waals surface area contributed by atoms with Gasteiger partial charge in [-0.1, -0.05) is 30.3 Å². The molecule has 0 aliphatic rings. The summed E-state index contributed by atoms with van der Waals surface area (Å²) < 4.78 is 5.05. The molecule has 22 heavy (non-hydrogen) atoms. The number of non-ortho nitro benzene ring substituents is 1. The lowest BCUT2D eigenvalue weighted by atomic mass is 10.2. The van der Waals surface area contributed by atoms with Crippen molar-refractivity contribution in [2.75, 3.05) is 0 Å². The van der Waals surface area contributed by atoms with Gasteiger partial charge in [-0.3, -0.25) is 10.1 Å². The van der Waals surface area contributed by atoms with Crippen LogP contribution in [0.4, 0.5) is 10.5 Å². The monoisotopic (exact) mass is 301 g/mol. The number of carbonyl (C=O) groups is 1. The SMILES string of the molecule is NN(Cc1ccccc1)C(=O)OCc1ccc([N+](=O)[O-])cc1. The Morgan fingerprint density at radius 3 is 2.32 bits per heavy atom. The number of benzene rings is 2. The van der Waals surface area contributed by atoms with Crippen LogP contribution in [0.15, 0.2) is 54.6 Å². The standard InChI is InChI=1S/C15H15N3O4/c16-17(10-12-4-2-1-3-5-12)15(19)22-11-13-6-8-14(9-7-13)18(20)21/h1-9H,10-11,16H2. The zero-order valence-electron chi connectivity index (χ0n) is 11.7. The third-order valence-electron chi connectivity index (χ3n) is 2.94.